The van der Waals surface area contributed by atoms with Gasteiger partial charge in [0.15, 0.2) is 0 Å². The van der Waals surface area contributed by atoms with Crippen molar-refractivity contribution in [3.63, 3.8) is 0 Å². The largest absolute Gasteiger partial charge is 0.488 e. The van der Waals surface area contributed by atoms with Gasteiger partial charge >= 0.3 is 5.97 Å². The van der Waals surface area contributed by atoms with Gasteiger partial charge in [-0.1, -0.05) is 54.1 Å². The van der Waals surface area contributed by atoms with E-state index >= 15 is 0 Å². The molecule has 1 aliphatic carbocycles. The first-order valence-corrected chi connectivity index (χ1v) is 19.8. The number of nitriles is 1. The average molecular weight is 824 g/mol. The number of allylic oxidation sites excluding steroid dienone is 2. The Balaban J connectivity index is 1.39. The highest BCUT2D eigenvalue weighted by Crippen LogP contribution is 2.48. The molecule has 14 heteroatoms. The third kappa shape index (κ3) is 10.4. The van der Waals surface area contributed by atoms with Crippen molar-refractivity contribution in [3.05, 3.63) is 106 Å². The minimum absolute atomic E-state index is 0.0359. The minimum Gasteiger partial charge on any atom is -0.488 e. The third-order valence-electron chi connectivity index (χ3n) is 10.7. The van der Waals surface area contributed by atoms with Crippen LogP contribution in [0, 0.1) is 16.7 Å². The van der Waals surface area contributed by atoms with Gasteiger partial charge in [0, 0.05) is 55.8 Å². The number of halogens is 2. The number of nitrogens with zero attached hydrogens (tertiary/aromatic N) is 3. The Morgan fingerprint density at radius 3 is 2.58 bits per heavy atom. The molecule has 3 aromatic rings. The molecular formula is C43H52Cl2N4O8. The number of aromatic nitrogens is 1. The highest BCUT2D eigenvalue weighted by molar-refractivity contribution is 6.32. The van der Waals surface area contributed by atoms with Gasteiger partial charge in [0.05, 0.1) is 42.6 Å². The molecule has 1 aromatic heterocycles. The molecule has 0 bridgehead atoms. The summed E-state index contributed by atoms with van der Waals surface area (Å²) < 4.78 is 24.9. The minimum atomic E-state index is -1.18. The lowest BCUT2D eigenvalue weighted by Crippen LogP contribution is -2.55. The second-order valence-corrected chi connectivity index (χ2v) is 16.1. The molecule has 0 spiro atoms. The summed E-state index contributed by atoms with van der Waals surface area (Å²) >= 11 is 14.5. The first-order chi connectivity index (χ1) is 27.4. The van der Waals surface area contributed by atoms with Crippen LogP contribution in [0.4, 0.5) is 0 Å². The number of benzene rings is 2. The van der Waals surface area contributed by atoms with Crippen LogP contribution < -0.4 is 14.8 Å². The molecule has 2 aromatic carbocycles. The summed E-state index contributed by atoms with van der Waals surface area (Å²) in [5, 5.41) is 42.7. The van der Waals surface area contributed by atoms with Gasteiger partial charge in [0.25, 0.3) is 0 Å². The van der Waals surface area contributed by atoms with E-state index in [4.69, 9.17) is 42.1 Å². The van der Waals surface area contributed by atoms with E-state index in [9.17, 15) is 25.4 Å². The SMILES string of the molecule is CCOC(=O)C1(CO)CCN(CCCOC2(COc3cc(OCc4cncc(C#N)c4)c(CNC(C)(CO)CO)cc3Cl)C=CC=C(c3ccccc3)C2(C)Cl)C1. The molecule has 306 valence electrons. The van der Waals surface area contributed by atoms with E-state index in [-0.39, 0.29) is 57.2 Å². The fourth-order valence-corrected chi connectivity index (χ4v) is 7.56. The summed E-state index contributed by atoms with van der Waals surface area (Å²) in [6, 6.07) is 17.0. The monoisotopic (exact) mass is 822 g/mol. The van der Waals surface area contributed by atoms with Crippen LogP contribution in [0.2, 0.25) is 5.02 Å². The van der Waals surface area contributed by atoms with E-state index in [1.807, 2.05) is 55.5 Å². The van der Waals surface area contributed by atoms with E-state index in [2.05, 4.69) is 21.3 Å². The molecule has 3 atom stereocenters. The van der Waals surface area contributed by atoms with Crippen molar-refractivity contribution < 1.29 is 39.1 Å². The van der Waals surface area contributed by atoms with Crippen LogP contribution in [-0.2, 0) is 27.4 Å². The number of carbonyl (C=O) groups excluding carboxylic acids is 1. The Hall–Kier alpha value is -4.03. The van der Waals surface area contributed by atoms with Crippen LogP contribution in [-0.4, -0.2) is 106 Å². The number of alkyl halides is 1. The molecule has 1 saturated heterocycles. The van der Waals surface area contributed by atoms with E-state index in [1.165, 1.54) is 6.20 Å². The molecule has 3 unspecified atom stereocenters. The molecule has 4 N–H and O–H groups in total. The smallest absolute Gasteiger partial charge is 0.315 e. The number of pyridine rings is 1. The van der Waals surface area contributed by atoms with Crippen LogP contribution >= 0.6 is 23.2 Å². The number of hydrogen-bond donors (Lipinski definition) is 4. The van der Waals surface area contributed by atoms with E-state index < -0.39 is 21.4 Å². The van der Waals surface area contributed by atoms with Gasteiger partial charge in [0.2, 0.25) is 0 Å². The molecule has 57 heavy (non-hydrogen) atoms. The molecule has 12 nitrogen and oxygen atoms in total. The number of rotatable bonds is 20. The quantitative estimate of drug-likeness (QED) is 0.0649. The van der Waals surface area contributed by atoms with Crippen molar-refractivity contribution in [1.29, 1.82) is 5.26 Å². The number of aliphatic hydroxyl groups is 3. The first kappa shape index (κ1) is 44.1. The van der Waals surface area contributed by atoms with Crippen molar-refractivity contribution in [2.45, 2.75) is 62.8 Å². The zero-order chi connectivity index (χ0) is 41.1. The maximum atomic E-state index is 12.7. The highest BCUT2D eigenvalue weighted by Gasteiger charge is 2.52. The second kappa shape index (κ2) is 19.6. The molecule has 2 aliphatic rings. The zero-order valence-electron chi connectivity index (χ0n) is 32.7. The lowest BCUT2D eigenvalue weighted by atomic mass is 9.76. The van der Waals surface area contributed by atoms with E-state index in [0.717, 1.165) is 11.1 Å². The zero-order valence-corrected chi connectivity index (χ0v) is 34.2. The number of nitrogens with one attached hydrogen (secondary N) is 1. The van der Waals surface area contributed by atoms with Gasteiger partial charge in [-0.3, -0.25) is 9.78 Å². The highest BCUT2D eigenvalue weighted by atomic mass is 35.5. The van der Waals surface area contributed by atoms with E-state index in [1.54, 1.807) is 38.2 Å². The molecule has 5 rings (SSSR count). The normalized spacial score (nSPS) is 22.2. The standard InChI is InChI=1S/C43H52Cl2N4O8/c1-4-54-39(53)42(29-52)14-16-49(26-42)15-9-17-57-43(13-8-12-35(41(43,3)45)33-10-6-5-7-11-33)30-56-38-20-37(55-25-32-18-31(21-46)22-47-23-32)34(19-36(38)44)24-48-40(2,27-50)28-51/h5-8,10-13,18-20,22-23,48,50-52H,4,9,14-17,24-30H2,1-3H3. The third-order valence-corrected chi connectivity index (χ3v) is 11.5. The Morgan fingerprint density at radius 1 is 1.11 bits per heavy atom. The van der Waals surface area contributed by atoms with Crippen molar-refractivity contribution in [2.24, 2.45) is 5.41 Å². The Morgan fingerprint density at radius 2 is 1.88 bits per heavy atom. The summed E-state index contributed by atoms with van der Waals surface area (Å²) in [4.78, 5) is 17.9. The second-order valence-electron chi connectivity index (χ2n) is 15.0. The fourth-order valence-electron chi connectivity index (χ4n) is 6.97. The predicted molar refractivity (Wildman–Crippen MR) is 218 cm³/mol. The molecule has 0 amide bonds. The van der Waals surface area contributed by atoms with Crippen LogP contribution in [0.3, 0.4) is 0 Å². The number of hydrogen-bond acceptors (Lipinski definition) is 12. The number of likely N-dealkylation sites (tertiary alicyclic amines) is 1. The number of esters is 1. The fraction of sp³-hybridized carbons (Fsp3) is 0.465. The van der Waals surface area contributed by atoms with Crippen molar-refractivity contribution >= 4 is 34.7 Å². The molecule has 0 radical (unpaired) electrons. The summed E-state index contributed by atoms with van der Waals surface area (Å²) in [5.41, 5.74) is 0.416. The molecule has 2 heterocycles. The summed E-state index contributed by atoms with van der Waals surface area (Å²) in [6.45, 7) is 6.97. The molecule has 1 fully saturated rings. The molecular weight excluding hydrogens is 771 g/mol. The average Bonchev–Trinajstić information content (AvgIpc) is 3.66. The first-order valence-electron chi connectivity index (χ1n) is 19.0. The topological polar surface area (TPSA) is 167 Å². The van der Waals surface area contributed by atoms with Gasteiger partial charge in [-0.05, 0) is 69.5 Å². The maximum absolute atomic E-state index is 12.7. The van der Waals surface area contributed by atoms with Crippen LogP contribution in [0.15, 0.2) is 79.2 Å². The van der Waals surface area contributed by atoms with E-state index in [0.29, 0.717) is 67.3 Å². The van der Waals surface area contributed by atoms with Crippen molar-refractivity contribution in [3.8, 4) is 17.6 Å². The van der Waals surface area contributed by atoms with Crippen molar-refractivity contribution in [1.82, 2.24) is 15.2 Å². The maximum Gasteiger partial charge on any atom is 0.315 e. The van der Waals surface area contributed by atoms with Gasteiger partial charge in [-0.2, -0.15) is 5.26 Å². The molecule has 1 aliphatic heterocycles. The Bertz CT molecular complexity index is 1930. The number of aliphatic hydroxyl groups excluding tert-OH is 3. The van der Waals surface area contributed by atoms with Crippen LogP contribution in [0.5, 0.6) is 11.5 Å². The Kier molecular flexibility index (Phi) is 15.2. The summed E-state index contributed by atoms with van der Waals surface area (Å²) in [6.07, 6.45) is 10.0. The predicted octanol–water partition coefficient (Wildman–Crippen LogP) is 5.44. The Labute approximate surface area is 344 Å². The lowest BCUT2D eigenvalue weighted by molar-refractivity contribution is -0.157. The van der Waals surface area contributed by atoms with Crippen molar-refractivity contribution in [2.75, 3.05) is 59.3 Å². The molecule has 0 saturated carbocycles. The van der Waals surface area contributed by atoms with Gasteiger partial charge in [-0.15, -0.1) is 11.6 Å². The summed E-state index contributed by atoms with van der Waals surface area (Å²) in [5.74, 6) is 0.355. The lowest BCUT2D eigenvalue weighted by Gasteiger charge is -2.45. The van der Waals surface area contributed by atoms with Crippen LogP contribution in [0.25, 0.3) is 5.57 Å². The number of carbonyl (C=O) groups is 1. The summed E-state index contributed by atoms with van der Waals surface area (Å²) in [7, 11) is 0. The van der Waals surface area contributed by atoms with Crippen LogP contribution in [0.1, 0.15) is 55.9 Å². The van der Waals surface area contributed by atoms with Gasteiger partial charge in [0.1, 0.15) is 46.7 Å². The van der Waals surface area contributed by atoms with Gasteiger partial charge in [-0.25, -0.2) is 0 Å². The number of ether oxygens (including phenoxy) is 4. The van der Waals surface area contributed by atoms with Gasteiger partial charge < -0.3 is 44.5 Å².